The zero-order valence-electron chi connectivity index (χ0n) is 10.9. The molecular formula is C14H15N3OS. The summed E-state index contributed by atoms with van der Waals surface area (Å²) in [7, 11) is 1.62. The molecule has 1 heterocycles. The van der Waals surface area contributed by atoms with Crippen LogP contribution in [-0.2, 0) is 6.42 Å². The zero-order chi connectivity index (χ0) is 13.8. The Morgan fingerprint density at radius 3 is 2.89 bits per heavy atom. The van der Waals surface area contributed by atoms with Crippen LogP contribution in [0.1, 0.15) is 15.4 Å². The van der Waals surface area contributed by atoms with Gasteiger partial charge in [0.1, 0.15) is 22.4 Å². The Kier molecular flexibility index (Phi) is 4.15. The number of nitriles is 1. The fourth-order valence-electron chi connectivity index (χ4n) is 1.86. The molecule has 0 aliphatic heterocycles. The van der Waals surface area contributed by atoms with Crippen molar-refractivity contribution >= 4 is 11.3 Å². The lowest BCUT2D eigenvalue weighted by molar-refractivity contribution is 0.416. The van der Waals surface area contributed by atoms with Gasteiger partial charge >= 0.3 is 0 Å². The molecule has 19 heavy (non-hydrogen) atoms. The molecule has 98 valence electrons. The van der Waals surface area contributed by atoms with Crippen LogP contribution < -0.4 is 10.5 Å². The number of nitrogens with two attached hydrogens (primary N) is 1. The van der Waals surface area contributed by atoms with Crippen molar-refractivity contribution in [2.75, 3.05) is 13.7 Å². The number of thiazole rings is 1. The summed E-state index contributed by atoms with van der Waals surface area (Å²) in [5.74, 6) is 0.728. The molecule has 4 nitrogen and oxygen atoms in total. The van der Waals surface area contributed by atoms with Crippen molar-refractivity contribution in [1.82, 2.24) is 4.98 Å². The minimum atomic E-state index is 0.531. The van der Waals surface area contributed by atoms with Crippen LogP contribution in [0.4, 0.5) is 0 Å². The van der Waals surface area contributed by atoms with Gasteiger partial charge in [0.2, 0.25) is 0 Å². The Balaban J connectivity index is 2.57. The van der Waals surface area contributed by atoms with E-state index in [1.807, 2.05) is 25.1 Å². The normalized spacial score (nSPS) is 10.2. The molecule has 0 aliphatic rings. The van der Waals surface area contributed by atoms with Gasteiger partial charge < -0.3 is 10.5 Å². The van der Waals surface area contributed by atoms with Crippen LogP contribution in [0.15, 0.2) is 18.2 Å². The molecule has 0 aliphatic carbocycles. The monoisotopic (exact) mass is 273 g/mol. The molecular weight excluding hydrogens is 258 g/mol. The first-order valence-electron chi connectivity index (χ1n) is 5.94. The van der Waals surface area contributed by atoms with Crippen molar-refractivity contribution in [2.24, 2.45) is 5.73 Å². The van der Waals surface area contributed by atoms with E-state index < -0.39 is 0 Å². The predicted molar refractivity (Wildman–Crippen MR) is 76.3 cm³/mol. The first-order chi connectivity index (χ1) is 9.19. The van der Waals surface area contributed by atoms with Crippen molar-refractivity contribution in [3.8, 4) is 23.1 Å². The number of methoxy groups -OCH3 is 1. The van der Waals surface area contributed by atoms with Gasteiger partial charge in [-0.15, -0.1) is 11.3 Å². The van der Waals surface area contributed by atoms with Crippen LogP contribution in [0, 0.1) is 18.3 Å². The third-order valence-electron chi connectivity index (χ3n) is 2.74. The number of hydrogen-bond donors (Lipinski definition) is 1. The van der Waals surface area contributed by atoms with Crippen LogP contribution >= 0.6 is 11.3 Å². The van der Waals surface area contributed by atoms with E-state index in [0.29, 0.717) is 23.5 Å². The largest absolute Gasteiger partial charge is 0.496 e. The quantitative estimate of drug-likeness (QED) is 0.929. The summed E-state index contributed by atoms with van der Waals surface area (Å²) in [6.07, 6.45) is 0.688. The van der Waals surface area contributed by atoms with E-state index in [1.165, 1.54) is 11.3 Å². The molecule has 2 rings (SSSR count). The lowest BCUT2D eigenvalue weighted by Crippen LogP contribution is -2.02. The smallest absolute Gasteiger partial charge is 0.133 e. The van der Waals surface area contributed by atoms with Gasteiger partial charge in [0.15, 0.2) is 0 Å². The van der Waals surface area contributed by atoms with Gasteiger partial charge in [0.25, 0.3) is 0 Å². The number of benzene rings is 1. The highest BCUT2D eigenvalue weighted by Gasteiger charge is 2.16. The van der Waals surface area contributed by atoms with Gasteiger partial charge in [0.05, 0.1) is 12.1 Å². The lowest BCUT2D eigenvalue weighted by Gasteiger charge is -2.07. The molecule has 0 bridgehead atoms. The van der Waals surface area contributed by atoms with Crippen LogP contribution in [0.25, 0.3) is 11.3 Å². The van der Waals surface area contributed by atoms with E-state index in [0.717, 1.165) is 21.9 Å². The van der Waals surface area contributed by atoms with Crippen LogP contribution in [-0.4, -0.2) is 18.6 Å². The number of rotatable bonds is 4. The van der Waals surface area contributed by atoms with E-state index >= 15 is 0 Å². The number of aromatic nitrogens is 1. The Bertz CT molecular complexity index is 628. The summed E-state index contributed by atoms with van der Waals surface area (Å²) in [5, 5.41) is 10.1. The van der Waals surface area contributed by atoms with Crippen molar-refractivity contribution in [2.45, 2.75) is 13.3 Å². The standard InChI is InChI=1S/C14H15N3OS/c1-9-3-4-11(18-2)10(7-9)14-12(8-16)19-13(17-14)5-6-15/h3-4,7H,5-6,15H2,1-2H3. The summed E-state index contributed by atoms with van der Waals surface area (Å²) < 4.78 is 5.35. The van der Waals surface area contributed by atoms with Crippen molar-refractivity contribution in [1.29, 1.82) is 5.26 Å². The van der Waals surface area contributed by atoms with Gasteiger partial charge in [-0.3, -0.25) is 0 Å². The van der Waals surface area contributed by atoms with Gasteiger partial charge in [0, 0.05) is 12.0 Å². The molecule has 2 N–H and O–H groups in total. The molecule has 0 amide bonds. The first-order valence-corrected chi connectivity index (χ1v) is 6.76. The maximum atomic E-state index is 9.24. The molecule has 0 saturated carbocycles. The van der Waals surface area contributed by atoms with E-state index in [9.17, 15) is 5.26 Å². The molecule has 0 spiro atoms. The van der Waals surface area contributed by atoms with Crippen molar-refractivity contribution in [3.05, 3.63) is 33.6 Å². The fourth-order valence-corrected chi connectivity index (χ4v) is 2.75. The Morgan fingerprint density at radius 2 is 2.26 bits per heavy atom. The van der Waals surface area contributed by atoms with Gasteiger partial charge in [-0.05, 0) is 25.6 Å². The number of nitrogens with zero attached hydrogens (tertiary/aromatic N) is 2. The fraction of sp³-hybridized carbons (Fsp3) is 0.286. The molecule has 5 heteroatoms. The molecule has 0 fully saturated rings. The number of ether oxygens (including phenoxy) is 1. The summed E-state index contributed by atoms with van der Waals surface area (Å²) >= 11 is 1.40. The minimum Gasteiger partial charge on any atom is -0.496 e. The Morgan fingerprint density at radius 1 is 1.47 bits per heavy atom. The highest BCUT2D eigenvalue weighted by Crippen LogP contribution is 2.34. The summed E-state index contributed by atoms with van der Waals surface area (Å²) in [6.45, 7) is 2.53. The van der Waals surface area contributed by atoms with E-state index in [1.54, 1.807) is 7.11 Å². The van der Waals surface area contributed by atoms with E-state index in [4.69, 9.17) is 10.5 Å². The van der Waals surface area contributed by atoms with Gasteiger partial charge in [-0.2, -0.15) is 5.26 Å². The van der Waals surface area contributed by atoms with Crippen LogP contribution in [0.3, 0.4) is 0 Å². The first kappa shape index (κ1) is 13.5. The maximum absolute atomic E-state index is 9.24. The highest BCUT2D eigenvalue weighted by atomic mass is 32.1. The zero-order valence-corrected chi connectivity index (χ0v) is 11.8. The predicted octanol–water partition coefficient (Wildman–Crippen LogP) is 2.50. The van der Waals surface area contributed by atoms with Crippen LogP contribution in [0.2, 0.25) is 0 Å². The van der Waals surface area contributed by atoms with Gasteiger partial charge in [-0.1, -0.05) is 11.6 Å². The summed E-state index contributed by atoms with van der Waals surface area (Å²) in [5.41, 5.74) is 8.19. The lowest BCUT2D eigenvalue weighted by atomic mass is 10.1. The second-order valence-corrected chi connectivity index (χ2v) is 5.22. The topological polar surface area (TPSA) is 71.9 Å². The Hall–Kier alpha value is -1.90. The van der Waals surface area contributed by atoms with E-state index in [2.05, 4.69) is 11.1 Å². The summed E-state index contributed by atoms with van der Waals surface area (Å²) in [6, 6.07) is 8.06. The van der Waals surface area contributed by atoms with E-state index in [-0.39, 0.29) is 0 Å². The summed E-state index contributed by atoms with van der Waals surface area (Å²) in [4.78, 5) is 5.13. The van der Waals surface area contributed by atoms with Gasteiger partial charge in [-0.25, -0.2) is 4.98 Å². The average molecular weight is 273 g/mol. The molecule has 0 atom stereocenters. The highest BCUT2D eigenvalue weighted by molar-refractivity contribution is 7.12. The second kappa shape index (κ2) is 5.83. The third-order valence-corrected chi connectivity index (χ3v) is 3.76. The SMILES string of the molecule is COc1ccc(C)cc1-c1nc(CCN)sc1C#N. The van der Waals surface area contributed by atoms with Crippen LogP contribution in [0.5, 0.6) is 5.75 Å². The minimum absolute atomic E-state index is 0.531. The molecule has 0 radical (unpaired) electrons. The molecule has 0 saturated heterocycles. The molecule has 2 aromatic rings. The number of hydrogen-bond acceptors (Lipinski definition) is 5. The molecule has 0 unspecified atom stereocenters. The molecule has 1 aromatic heterocycles. The average Bonchev–Trinajstić information content (AvgIpc) is 2.82. The molecule has 1 aromatic carbocycles. The Labute approximate surface area is 116 Å². The van der Waals surface area contributed by atoms with Crippen molar-refractivity contribution < 1.29 is 4.74 Å². The maximum Gasteiger partial charge on any atom is 0.133 e. The second-order valence-electron chi connectivity index (χ2n) is 4.14. The third kappa shape index (κ3) is 2.75. The number of aryl methyl sites for hydroxylation is 1. The van der Waals surface area contributed by atoms with Crippen molar-refractivity contribution in [3.63, 3.8) is 0 Å².